The van der Waals surface area contributed by atoms with E-state index in [9.17, 15) is 4.79 Å². The average Bonchev–Trinajstić information content (AvgIpc) is 3.39. The Morgan fingerprint density at radius 3 is 2.96 bits per heavy atom. The molecule has 0 saturated carbocycles. The SMILES string of the molecule is Cc1ccccc1-n1nccc1CN1CCCC(CNC(=O)C2CCCN2)C1. The molecular weight excluding hydrogens is 350 g/mol. The van der Waals surface area contributed by atoms with Gasteiger partial charge in [-0.3, -0.25) is 9.69 Å². The molecule has 0 radical (unpaired) electrons. The third kappa shape index (κ3) is 4.45. The number of piperidine rings is 1. The number of amides is 1. The van der Waals surface area contributed by atoms with Gasteiger partial charge >= 0.3 is 0 Å². The van der Waals surface area contributed by atoms with E-state index in [2.05, 4.69) is 62.6 Å². The van der Waals surface area contributed by atoms with Gasteiger partial charge in [0.15, 0.2) is 0 Å². The molecule has 2 aliphatic rings. The Hall–Kier alpha value is -2.18. The number of carbonyl (C=O) groups excluding carboxylic acids is 1. The summed E-state index contributed by atoms with van der Waals surface area (Å²) in [6.07, 6.45) is 6.32. The summed E-state index contributed by atoms with van der Waals surface area (Å²) in [7, 11) is 0. The maximum absolute atomic E-state index is 12.3. The van der Waals surface area contributed by atoms with Crippen LogP contribution in [0.25, 0.3) is 5.69 Å². The van der Waals surface area contributed by atoms with Crippen LogP contribution in [0.1, 0.15) is 36.9 Å². The van der Waals surface area contributed by atoms with Crippen molar-refractivity contribution >= 4 is 5.91 Å². The Balaban J connectivity index is 1.34. The number of nitrogens with zero attached hydrogens (tertiary/aromatic N) is 3. The van der Waals surface area contributed by atoms with E-state index in [1.54, 1.807) is 0 Å². The summed E-state index contributed by atoms with van der Waals surface area (Å²) in [6, 6.07) is 10.5. The molecule has 2 fully saturated rings. The van der Waals surface area contributed by atoms with Crippen molar-refractivity contribution in [3.05, 3.63) is 47.8 Å². The van der Waals surface area contributed by atoms with Crippen molar-refractivity contribution in [3.8, 4) is 5.69 Å². The first-order chi connectivity index (χ1) is 13.7. The Kier molecular flexibility index (Phi) is 6.07. The van der Waals surface area contributed by atoms with Crippen LogP contribution in [-0.4, -0.2) is 52.8 Å². The van der Waals surface area contributed by atoms with E-state index in [0.717, 1.165) is 51.3 Å². The zero-order valence-corrected chi connectivity index (χ0v) is 16.7. The molecule has 1 aromatic heterocycles. The summed E-state index contributed by atoms with van der Waals surface area (Å²) in [4.78, 5) is 14.8. The molecule has 2 aliphatic heterocycles. The van der Waals surface area contributed by atoms with Crippen LogP contribution in [0.4, 0.5) is 0 Å². The summed E-state index contributed by atoms with van der Waals surface area (Å²) in [5.74, 6) is 0.696. The highest BCUT2D eigenvalue weighted by molar-refractivity contribution is 5.81. The fourth-order valence-electron chi connectivity index (χ4n) is 4.44. The van der Waals surface area contributed by atoms with Gasteiger partial charge in [0.25, 0.3) is 0 Å². The second-order valence-corrected chi connectivity index (χ2v) is 8.16. The van der Waals surface area contributed by atoms with Gasteiger partial charge in [0.1, 0.15) is 0 Å². The monoisotopic (exact) mass is 381 g/mol. The van der Waals surface area contributed by atoms with Crippen LogP contribution in [0.2, 0.25) is 0 Å². The van der Waals surface area contributed by atoms with Crippen molar-refractivity contribution in [1.29, 1.82) is 0 Å². The van der Waals surface area contributed by atoms with Crippen LogP contribution >= 0.6 is 0 Å². The van der Waals surface area contributed by atoms with Crippen LogP contribution in [0.3, 0.4) is 0 Å². The Labute approximate surface area is 167 Å². The number of aryl methyl sites for hydroxylation is 1. The third-order valence-electron chi connectivity index (χ3n) is 6.00. The van der Waals surface area contributed by atoms with E-state index in [1.165, 1.54) is 24.1 Å². The van der Waals surface area contributed by atoms with Gasteiger partial charge in [-0.15, -0.1) is 0 Å². The number of rotatable bonds is 6. The van der Waals surface area contributed by atoms with Crippen molar-refractivity contribution in [2.24, 2.45) is 5.92 Å². The van der Waals surface area contributed by atoms with E-state index >= 15 is 0 Å². The quantitative estimate of drug-likeness (QED) is 0.806. The van der Waals surface area contributed by atoms with Crippen LogP contribution in [0.5, 0.6) is 0 Å². The maximum atomic E-state index is 12.3. The second-order valence-electron chi connectivity index (χ2n) is 8.16. The molecule has 1 amide bonds. The van der Waals surface area contributed by atoms with E-state index in [-0.39, 0.29) is 11.9 Å². The number of nitrogens with one attached hydrogen (secondary N) is 2. The molecule has 2 unspecified atom stereocenters. The van der Waals surface area contributed by atoms with Gasteiger partial charge in [-0.25, -0.2) is 4.68 Å². The highest BCUT2D eigenvalue weighted by atomic mass is 16.2. The lowest BCUT2D eigenvalue weighted by molar-refractivity contribution is -0.123. The minimum Gasteiger partial charge on any atom is -0.354 e. The molecule has 2 aromatic rings. The molecule has 0 spiro atoms. The van der Waals surface area contributed by atoms with Gasteiger partial charge in [-0.05, 0) is 69.3 Å². The van der Waals surface area contributed by atoms with E-state index in [0.29, 0.717) is 5.92 Å². The molecule has 3 heterocycles. The first-order valence-electron chi connectivity index (χ1n) is 10.5. The van der Waals surface area contributed by atoms with E-state index in [1.807, 2.05) is 6.20 Å². The normalized spacial score (nSPS) is 23.0. The summed E-state index contributed by atoms with van der Waals surface area (Å²) in [5, 5.41) is 11.0. The van der Waals surface area contributed by atoms with Crippen molar-refractivity contribution in [1.82, 2.24) is 25.3 Å². The molecule has 2 N–H and O–H groups in total. The van der Waals surface area contributed by atoms with Gasteiger partial charge < -0.3 is 10.6 Å². The summed E-state index contributed by atoms with van der Waals surface area (Å²) < 4.78 is 2.06. The van der Waals surface area contributed by atoms with Crippen molar-refractivity contribution in [2.75, 3.05) is 26.2 Å². The summed E-state index contributed by atoms with van der Waals surface area (Å²) >= 11 is 0. The van der Waals surface area contributed by atoms with Crippen molar-refractivity contribution in [3.63, 3.8) is 0 Å². The first kappa shape index (κ1) is 19.2. The molecule has 0 bridgehead atoms. The topological polar surface area (TPSA) is 62.2 Å². The van der Waals surface area contributed by atoms with Crippen LogP contribution in [0.15, 0.2) is 36.5 Å². The highest BCUT2D eigenvalue weighted by Gasteiger charge is 2.25. The van der Waals surface area contributed by atoms with Gasteiger partial charge in [-0.1, -0.05) is 18.2 Å². The predicted octanol–water partition coefficient (Wildman–Crippen LogP) is 2.26. The minimum atomic E-state index is 0.0168. The van der Waals surface area contributed by atoms with Crippen molar-refractivity contribution < 1.29 is 4.79 Å². The molecule has 28 heavy (non-hydrogen) atoms. The number of likely N-dealkylation sites (tertiary alicyclic amines) is 1. The van der Waals surface area contributed by atoms with Gasteiger partial charge in [0, 0.05) is 25.8 Å². The fourth-order valence-corrected chi connectivity index (χ4v) is 4.44. The van der Waals surface area contributed by atoms with Crippen LogP contribution in [-0.2, 0) is 11.3 Å². The van der Waals surface area contributed by atoms with E-state index < -0.39 is 0 Å². The molecule has 2 atom stereocenters. The van der Waals surface area contributed by atoms with Gasteiger partial charge in [0.2, 0.25) is 5.91 Å². The number of hydrogen-bond donors (Lipinski definition) is 2. The summed E-state index contributed by atoms with van der Waals surface area (Å²) in [5.41, 5.74) is 3.59. The number of carbonyl (C=O) groups is 1. The largest absolute Gasteiger partial charge is 0.354 e. The second kappa shape index (κ2) is 8.88. The molecule has 4 rings (SSSR count). The molecule has 6 heteroatoms. The molecule has 6 nitrogen and oxygen atoms in total. The lowest BCUT2D eigenvalue weighted by atomic mass is 9.97. The first-order valence-corrected chi connectivity index (χ1v) is 10.5. The Bertz CT molecular complexity index is 796. The lowest BCUT2D eigenvalue weighted by Gasteiger charge is -2.33. The number of benzene rings is 1. The predicted molar refractivity (Wildman–Crippen MR) is 110 cm³/mol. The van der Waals surface area contributed by atoms with Gasteiger partial charge in [-0.2, -0.15) is 5.10 Å². The maximum Gasteiger partial charge on any atom is 0.237 e. The van der Waals surface area contributed by atoms with Crippen LogP contribution in [0, 0.1) is 12.8 Å². The zero-order chi connectivity index (χ0) is 19.3. The molecular formula is C22H31N5O. The highest BCUT2D eigenvalue weighted by Crippen LogP contribution is 2.21. The summed E-state index contributed by atoms with van der Waals surface area (Å²) in [6.45, 7) is 6.89. The smallest absolute Gasteiger partial charge is 0.237 e. The van der Waals surface area contributed by atoms with Gasteiger partial charge in [0.05, 0.1) is 17.4 Å². The molecule has 0 aliphatic carbocycles. The average molecular weight is 382 g/mol. The Morgan fingerprint density at radius 2 is 2.14 bits per heavy atom. The number of hydrogen-bond acceptors (Lipinski definition) is 4. The molecule has 1 aromatic carbocycles. The Morgan fingerprint density at radius 1 is 1.25 bits per heavy atom. The van der Waals surface area contributed by atoms with Crippen LogP contribution < -0.4 is 10.6 Å². The zero-order valence-electron chi connectivity index (χ0n) is 16.7. The fraction of sp³-hybridized carbons (Fsp3) is 0.545. The number of para-hydroxylation sites is 1. The lowest BCUT2D eigenvalue weighted by Crippen LogP contribution is -2.45. The standard InChI is InChI=1S/C22H31N5O/c1-17-6-2-3-9-21(17)27-19(10-12-25-27)16-26-13-5-7-18(15-26)14-24-22(28)20-8-4-11-23-20/h2-3,6,9-10,12,18,20,23H,4-5,7-8,11,13-16H2,1H3,(H,24,28). The molecule has 150 valence electrons. The third-order valence-corrected chi connectivity index (χ3v) is 6.00. The number of aromatic nitrogens is 2. The minimum absolute atomic E-state index is 0.0168. The van der Waals surface area contributed by atoms with Crippen molar-refractivity contribution in [2.45, 2.75) is 45.2 Å². The molecule has 2 saturated heterocycles. The van der Waals surface area contributed by atoms with E-state index in [4.69, 9.17) is 0 Å².